The lowest BCUT2D eigenvalue weighted by Gasteiger charge is -2.24. The van der Waals surface area contributed by atoms with E-state index < -0.39 is 6.04 Å². The number of para-hydroxylation sites is 1. The third-order valence-electron chi connectivity index (χ3n) is 4.49. The molecule has 0 aromatic heterocycles. The fourth-order valence-corrected chi connectivity index (χ4v) is 3.17. The van der Waals surface area contributed by atoms with Gasteiger partial charge in [0.25, 0.3) is 5.91 Å². The molecule has 0 aliphatic carbocycles. The molecule has 24 heavy (non-hydrogen) atoms. The molecule has 1 atom stereocenters. The molecular formula is C20H21NO3. The fraction of sp³-hybridized carbons (Fsp3) is 0.300. The monoisotopic (exact) mass is 323 g/mol. The first-order valence-corrected chi connectivity index (χ1v) is 8.16. The zero-order valence-corrected chi connectivity index (χ0v) is 14.0. The van der Waals surface area contributed by atoms with Crippen molar-refractivity contribution < 1.29 is 14.3 Å². The molecule has 1 fully saturated rings. The second-order valence-corrected chi connectivity index (χ2v) is 6.09. The zero-order valence-electron chi connectivity index (χ0n) is 14.0. The van der Waals surface area contributed by atoms with E-state index in [4.69, 9.17) is 4.74 Å². The van der Waals surface area contributed by atoms with Crippen LogP contribution in [0.4, 0.5) is 0 Å². The van der Waals surface area contributed by atoms with Crippen molar-refractivity contribution in [2.45, 2.75) is 25.8 Å². The lowest BCUT2D eigenvalue weighted by atomic mass is 10.0. The van der Waals surface area contributed by atoms with E-state index in [0.29, 0.717) is 29.8 Å². The standard InChI is InChI=1S/C20H21NO3/c1-14-9-11-15(12-10-14)19(22)17-7-5-13-21(17)20(23)16-6-3-4-8-18(16)24-2/h3-4,6,8-12,17H,5,7,13H2,1-2H3. The highest BCUT2D eigenvalue weighted by molar-refractivity contribution is 6.05. The summed E-state index contributed by atoms with van der Waals surface area (Å²) in [5.41, 5.74) is 2.27. The van der Waals surface area contributed by atoms with Gasteiger partial charge in [0.2, 0.25) is 0 Å². The van der Waals surface area contributed by atoms with Crippen LogP contribution in [0.1, 0.15) is 39.1 Å². The highest BCUT2D eigenvalue weighted by atomic mass is 16.5. The van der Waals surface area contributed by atoms with Crippen molar-refractivity contribution in [3.05, 3.63) is 65.2 Å². The second kappa shape index (κ2) is 6.87. The van der Waals surface area contributed by atoms with Crippen molar-refractivity contribution in [2.75, 3.05) is 13.7 Å². The van der Waals surface area contributed by atoms with Gasteiger partial charge in [-0.15, -0.1) is 0 Å². The molecule has 4 nitrogen and oxygen atoms in total. The highest BCUT2D eigenvalue weighted by Gasteiger charge is 2.35. The summed E-state index contributed by atoms with van der Waals surface area (Å²) in [6.45, 7) is 2.58. The van der Waals surface area contributed by atoms with Gasteiger partial charge in [0.15, 0.2) is 5.78 Å². The highest BCUT2D eigenvalue weighted by Crippen LogP contribution is 2.27. The number of rotatable bonds is 4. The maximum atomic E-state index is 12.9. The molecule has 1 saturated heterocycles. The maximum absolute atomic E-state index is 12.9. The van der Waals surface area contributed by atoms with Crippen LogP contribution in [-0.2, 0) is 0 Å². The summed E-state index contributed by atoms with van der Waals surface area (Å²) in [5.74, 6) is 0.405. The molecule has 1 aliphatic rings. The Kier molecular flexibility index (Phi) is 4.65. The molecule has 2 aromatic carbocycles. The first-order chi connectivity index (χ1) is 11.6. The van der Waals surface area contributed by atoms with E-state index in [9.17, 15) is 9.59 Å². The van der Waals surface area contributed by atoms with Gasteiger partial charge in [-0.25, -0.2) is 0 Å². The third kappa shape index (κ3) is 3.04. The minimum Gasteiger partial charge on any atom is -0.496 e. The maximum Gasteiger partial charge on any atom is 0.258 e. The van der Waals surface area contributed by atoms with Crippen LogP contribution in [0.2, 0.25) is 0 Å². The van der Waals surface area contributed by atoms with Crippen molar-refractivity contribution >= 4 is 11.7 Å². The molecule has 4 heteroatoms. The molecule has 2 aromatic rings. The van der Waals surface area contributed by atoms with Gasteiger partial charge in [-0.2, -0.15) is 0 Å². The van der Waals surface area contributed by atoms with Crippen molar-refractivity contribution in [3.63, 3.8) is 0 Å². The summed E-state index contributed by atoms with van der Waals surface area (Å²) in [7, 11) is 1.55. The number of likely N-dealkylation sites (tertiary alicyclic amines) is 1. The number of nitrogens with zero attached hydrogens (tertiary/aromatic N) is 1. The van der Waals surface area contributed by atoms with Crippen LogP contribution in [-0.4, -0.2) is 36.3 Å². The Morgan fingerprint density at radius 3 is 2.50 bits per heavy atom. The van der Waals surface area contributed by atoms with Crippen molar-refractivity contribution in [1.82, 2.24) is 4.90 Å². The van der Waals surface area contributed by atoms with Gasteiger partial charge < -0.3 is 9.64 Å². The molecule has 0 N–H and O–H groups in total. The predicted octanol–water partition coefficient (Wildman–Crippen LogP) is 3.49. The largest absolute Gasteiger partial charge is 0.496 e. The molecule has 0 saturated carbocycles. The van der Waals surface area contributed by atoms with E-state index in [1.54, 1.807) is 24.1 Å². The number of amides is 1. The Labute approximate surface area is 142 Å². The quantitative estimate of drug-likeness (QED) is 0.809. The normalized spacial score (nSPS) is 16.9. The first-order valence-electron chi connectivity index (χ1n) is 8.16. The molecule has 124 valence electrons. The first kappa shape index (κ1) is 16.2. The third-order valence-corrected chi connectivity index (χ3v) is 4.49. The lowest BCUT2D eigenvalue weighted by Crippen LogP contribution is -2.40. The minimum atomic E-state index is -0.398. The van der Waals surface area contributed by atoms with Gasteiger partial charge in [-0.05, 0) is 31.9 Å². The number of benzene rings is 2. The summed E-state index contributed by atoms with van der Waals surface area (Å²) in [6, 6.07) is 14.3. The van der Waals surface area contributed by atoms with Crippen LogP contribution in [0.25, 0.3) is 0 Å². The van der Waals surface area contributed by atoms with Gasteiger partial charge in [0.05, 0.1) is 18.7 Å². The Morgan fingerprint density at radius 2 is 1.79 bits per heavy atom. The molecule has 1 aliphatic heterocycles. The summed E-state index contributed by atoms with van der Waals surface area (Å²) in [5, 5.41) is 0. The molecule has 0 radical (unpaired) electrons. The number of ketones is 1. The number of Topliss-reactive ketones (excluding diaryl/α,β-unsaturated/α-hetero) is 1. The van der Waals surface area contributed by atoms with Gasteiger partial charge >= 0.3 is 0 Å². The van der Waals surface area contributed by atoms with Gasteiger partial charge in [-0.3, -0.25) is 9.59 Å². The smallest absolute Gasteiger partial charge is 0.258 e. The average Bonchev–Trinajstić information content (AvgIpc) is 3.10. The second-order valence-electron chi connectivity index (χ2n) is 6.09. The topological polar surface area (TPSA) is 46.6 Å². The van der Waals surface area contributed by atoms with Crippen LogP contribution in [0.15, 0.2) is 48.5 Å². The van der Waals surface area contributed by atoms with Crippen LogP contribution >= 0.6 is 0 Å². The van der Waals surface area contributed by atoms with Crippen molar-refractivity contribution in [3.8, 4) is 5.75 Å². The number of aryl methyl sites for hydroxylation is 1. The summed E-state index contributed by atoms with van der Waals surface area (Å²) in [6.07, 6.45) is 1.54. The van der Waals surface area contributed by atoms with Crippen LogP contribution in [0.5, 0.6) is 5.75 Å². The Balaban J connectivity index is 1.86. The molecule has 1 amide bonds. The number of carbonyl (C=O) groups is 2. The van der Waals surface area contributed by atoms with E-state index >= 15 is 0 Å². The Bertz CT molecular complexity index is 752. The minimum absolute atomic E-state index is 0.00995. The molecular weight excluding hydrogens is 302 g/mol. The molecule has 0 spiro atoms. The van der Waals surface area contributed by atoms with Crippen molar-refractivity contribution in [1.29, 1.82) is 0 Å². The van der Waals surface area contributed by atoms with Crippen LogP contribution in [0, 0.1) is 6.92 Å². The lowest BCUT2D eigenvalue weighted by molar-refractivity contribution is 0.0669. The zero-order chi connectivity index (χ0) is 17.1. The molecule has 1 unspecified atom stereocenters. The molecule has 3 rings (SSSR count). The van der Waals surface area contributed by atoms with Crippen LogP contribution < -0.4 is 4.74 Å². The van der Waals surface area contributed by atoms with E-state index in [1.165, 1.54) is 0 Å². The fourth-order valence-electron chi connectivity index (χ4n) is 3.17. The van der Waals surface area contributed by atoms with Gasteiger partial charge in [0, 0.05) is 12.1 Å². The predicted molar refractivity (Wildman–Crippen MR) is 92.6 cm³/mol. The van der Waals surface area contributed by atoms with E-state index in [1.807, 2.05) is 43.3 Å². The Hall–Kier alpha value is -2.62. The Morgan fingerprint density at radius 1 is 1.08 bits per heavy atom. The number of carbonyl (C=O) groups excluding carboxylic acids is 2. The summed E-state index contributed by atoms with van der Waals surface area (Å²) < 4.78 is 5.29. The van der Waals surface area contributed by atoms with Gasteiger partial charge in [-0.1, -0.05) is 42.0 Å². The number of ether oxygens (including phenoxy) is 1. The average molecular weight is 323 g/mol. The number of hydrogen-bond donors (Lipinski definition) is 0. The molecule has 0 bridgehead atoms. The summed E-state index contributed by atoms with van der Waals surface area (Å²) in [4.78, 5) is 27.4. The van der Waals surface area contributed by atoms with Crippen LogP contribution in [0.3, 0.4) is 0 Å². The van der Waals surface area contributed by atoms with E-state index in [-0.39, 0.29) is 11.7 Å². The SMILES string of the molecule is COc1ccccc1C(=O)N1CCCC1C(=O)c1ccc(C)cc1. The number of hydrogen-bond acceptors (Lipinski definition) is 3. The summed E-state index contributed by atoms with van der Waals surface area (Å²) >= 11 is 0. The van der Waals surface area contributed by atoms with E-state index in [0.717, 1.165) is 12.0 Å². The number of methoxy groups -OCH3 is 1. The van der Waals surface area contributed by atoms with E-state index in [2.05, 4.69) is 0 Å². The molecule has 1 heterocycles. The van der Waals surface area contributed by atoms with Gasteiger partial charge in [0.1, 0.15) is 5.75 Å². The van der Waals surface area contributed by atoms with Crippen molar-refractivity contribution in [2.24, 2.45) is 0 Å².